The van der Waals surface area contributed by atoms with E-state index in [-0.39, 0.29) is 29.6 Å². The maximum Gasteiger partial charge on any atom is 0.310 e. The van der Waals surface area contributed by atoms with Crippen LogP contribution in [-0.2, 0) is 19.1 Å². The molecule has 224 valence electrons. The molecular formula is C34H42N2O5S. The van der Waals surface area contributed by atoms with E-state index in [4.69, 9.17) is 4.74 Å². The Morgan fingerprint density at radius 2 is 1.86 bits per heavy atom. The van der Waals surface area contributed by atoms with E-state index >= 15 is 0 Å². The molecule has 2 amide bonds. The third-order valence-electron chi connectivity index (χ3n) is 9.03. The third-order valence-corrected chi connectivity index (χ3v) is 11.0. The predicted molar refractivity (Wildman–Crippen MR) is 168 cm³/mol. The van der Waals surface area contributed by atoms with Gasteiger partial charge in [0, 0.05) is 30.6 Å². The Morgan fingerprint density at radius 1 is 1.07 bits per heavy atom. The molecule has 3 heterocycles. The molecule has 2 bridgehead atoms. The van der Waals surface area contributed by atoms with Gasteiger partial charge < -0.3 is 19.6 Å². The van der Waals surface area contributed by atoms with Crippen molar-refractivity contribution >= 4 is 46.0 Å². The number of hydrogen-bond donors (Lipinski definition) is 1. The smallest absolute Gasteiger partial charge is 0.310 e. The lowest BCUT2D eigenvalue weighted by Gasteiger charge is -2.37. The molecule has 0 saturated carbocycles. The molecule has 3 aliphatic rings. The highest BCUT2D eigenvalue weighted by molar-refractivity contribution is 8.02. The molecule has 8 heteroatoms. The number of anilines is 1. The average Bonchev–Trinajstić information content (AvgIpc) is 3.65. The van der Waals surface area contributed by atoms with E-state index in [9.17, 15) is 19.5 Å². The van der Waals surface area contributed by atoms with E-state index in [0.717, 1.165) is 61.4 Å². The second-order valence-corrected chi connectivity index (χ2v) is 13.2. The first kappa shape index (κ1) is 30.4. The Bertz CT molecular complexity index is 1330. The van der Waals surface area contributed by atoms with Gasteiger partial charge in [0.2, 0.25) is 5.91 Å². The van der Waals surface area contributed by atoms with Crippen LogP contribution in [0, 0.1) is 11.8 Å². The van der Waals surface area contributed by atoms with E-state index in [1.807, 2.05) is 42.5 Å². The second kappa shape index (κ2) is 13.5. The van der Waals surface area contributed by atoms with Crippen molar-refractivity contribution in [3.8, 4) is 0 Å². The number of carbonyl (C=O) groups excluding carboxylic acids is 3. The van der Waals surface area contributed by atoms with Crippen LogP contribution in [0.15, 0.2) is 67.8 Å². The summed E-state index contributed by atoms with van der Waals surface area (Å²) in [4.78, 5) is 45.9. The molecule has 1 spiro atoms. The topological polar surface area (TPSA) is 87.1 Å². The van der Waals surface area contributed by atoms with E-state index in [1.54, 1.807) is 33.7 Å². The standard InChI is InChI=1S/C34H42N2O5S/c1-3-5-12-22-41-33(40)28-27-17-18-34(42-27)29(28)31(38)36(20-10-6-7-11-21-37)30(34)32(39)35(19-4-2)26-16-15-24-13-8-9-14-25(24)23-26/h3-4,8-9,13-16,23,27-30,37H,1-2,5-7,10-12,17-22H2/t27-,28+,29+,30?,34?/m1/s1. The lowest BCUT2D eigenvalue weighted by atomic mass is 9.71. The molecule has 2 aromatic carbocycles. The molecule has 7 nitrogen and oxygen atoms in total. The summed E-state index contributed by atoms with van der Waals surface area (Å²) in [7, 11) is 0. The van der Waals surface area contributed by atoms with Gasteiger partial charge in [-0.15, -0.1) is 24.9 Å². The second-order valence-electron chi connectivity index (χ2n) is 11.6. The van der Waals surface area contributed by atoms with Gasteiger partial charge in [0.05, 0.1) is 23.2 Å². The number of ether oxygens (including phenoxy) is 1. The summed E-state index contributed by atoms with van der Waals surface area (Å²) >= 11 is 1.67. The first-order chi connectivity index (χ1) is 20.5. The molecule has 1 N–H and O–H groups in total. The van der Waals surface area contributed by atoms with Gasteiger partial charge in [-0.2, -0.15) is 0 Å². The van der Waals surface area contributed by atoms with Crippen molar-refractivity contribution in [3.05, 3.63) is 67.8 Å². The van der Waals surface area contributed by atoms with Crippen LogP contribution < -0.4 is 4.90 Å². The monoisotopic (exact) mass is 590 g/mol. The van der Waals surface area contributed by atoms with Crippen molar-refractivity contribution in [2.75, 3.05) is 31.2 Å². The average molecular weight is 591 g/mol. The number of thioether (sulfide) groups is 1. The molecule has 0 radical (unpaired) electrons. The van der Waals surface area contributed by atoms with Gasteiger partial charge in [0.15, 0.2) is 0 Å². The zero-order valence-electron chi connectivity index (χ0n) is 24.3. The number of benzene rings is 2. The summed E-state index contributed by atoms with van der Waals surface area (Å²) in [5.41, 5.74) is 0.768. The molecule has 0 aliphatic carbocycles. The fourth-order valence-electron chi connectivity index (χ4n) is 7.13. The fourth-order valence-corrected chi connectivity index (χ4v) is 9.33. The molecule has 2 aromatic rings. The number of aliphatic hydroxyl groups excluding tert-OH is 1. The highest BCUT2D eigenvalue weighted by Gasteiger charge is 2.74. The number of unbranched alkanes of at least 4 members (excludes halogenated alkanes) is 4. The molecule has 3 saturated heterocycles. The highest BCUT2D eigenvalue weighted by atomic mass is 32.2. The molecular weight excluding hydrogens is 548 g/mol. The lowest BCUT2D eigenvalue weighted by molar-refractivity contribution is -0.154. The van der Waals surface area contributed by atoms with Gasteiger partial charge in [-0.25, -0.2) is 0 Å². The number of hydrogen-bond acceptors (Lipinski definition) is 6. The third kappa shape index (κ3) is 5.63. The van der Waals surface area contributed by atoms with Gasteiger partial charge in [0.25, 0.3) is 5.91 Å². The molecule has 5 atom stereocenters. The largest absolute Gasteiger partial charge is 0.465 e. The Kier molecular flexibility index (Phi) is 9.74. The number of esters is 1. The van der Waals surface area contributed by atoms with Gasteiger partial charge in [-0.05, 0) is 61.4 Å². The fraction of sp³-hybridized carbons (Fsp3) is 0.500. The van der Waals surface area contributed by atoms with Gasteiger partial charge >= 0.3 is 5.97 Å². The SMILES string of the molecule is C=CCCCOC(=O)[C@@H]1[C@H]2C(=O)N(CCCCCCO)C(C(=O)N(CC=C)c3ccc4ccccc4c3)C23CC[C@H]1S3. The Hall–Kier alpha value is -3.10. The van der Waals surface area contributed by atoms with Crippen LogP contribution in [0.2, 0.25) is 0 Å². The van der Waals surface area contributed by atoms with Crippen molar-refractivity contribution in [2.45, 2.75) is 67.4 Å². The van der Waals surface area contributed by atoms with Crippen LogP contribution in [0.5, 0.6) is 0 Å². The number of rotatable bonds is 15. The number of aliphatic hydroxyl groups is 1. The number of likely N-dealkylation sites (tertiary alicyclic amines) is 1. The normalized spacial score (nSPS) is 25.9. The first-order valence-electron chi connectivity index (χ1n) is 15.2. The number of nitrogens with zero attached hydrogens (tertiary/aromatic N) is 2. The van der Waals surface area contributed by atoms with Crippen LogP contribution in [0.4, 0.5) is 5.69 Å². The number of fused-ring (bicyclic) bond motifs is 2. The van der Waals surface area contributed by atoms with Gasteiger partial charge in [-0.3, -0.25) is 14.4 Å². The maximum absolute atomic E-state index is 14.7. The van der Waals surface area contributed by atoms with Gasteiger partial charge in [-0.1, -0.05) is 55.3 Å². The predicted octanol–water partition coefficient (Wildman–Crippen LogP) is 5.51. The van der Waals surface area contributed by atoms with Crippen molar-refractivity contribution in [1.29, 1.82) is 0 Å². The summed E-state index contributed by atoms with van der Waals surface area (Å²) in [5.74, 6) is -1.64. The van der Waals surface area contributed by atoms with Crippen LogP contribution in [0.25, 0.3) is 10.8 Å². The van der Waals surface area contributed by atoms with Crippen LogP contribution in [0.3, 0.4) is 0 Å². The molecule has 5 rings (SSSR count). The minimum Gasteiger partial charge on any atom is -0.465 e. The number of carbonyl (C=O) groups is 3. The van der Waals surface area contributed by atoms with E-state index in [0.29, 0.717) is 26.1 Å². The summed E-state index contributed by atoms with van der Waals surface area (Å²) < 4.78 is 5.02. The van der Waals surface area contributed by atoms with Crippen LogP contribution in [-0.4, -0.2) is 70.1 Å². The molecule has 2 unspecified atom stereocenters. The molecule has 0 aromatic heterocycles. The quantitative estimate of drug-likeness (QED) is 0.167. The number of allylic oxidation sites excluding steroid dienone is 1. The summed E-state index contributed by atoms with van der Waals surface area (Å²) in [6.07, 6.45) is 9.66. The van der Waals surface area contributed by atoms with Crippen molar-refractivity contribution in [1.82, 2.24) is 4.90 Å². The van der Waals surface area contributed by atoms with E-state index < -0.39 is 22.6 Å². The summed E-state index contributed by atoms with van der Waals surface area (Å²) in [6, 6.07) is 13.4. The first-order valence-corrected chi connectivity index (χ1v) is 16.1. The Labute approximate surface area is 253 Å². The van der Waals surface area contributed by atoms with E-state index in [1.165, 1.54) is 0 Å². The van der Waals surface area contributed by atoms with Crippen molar-refractivity contribution in [2.24, 2.45) is 11.8 Å². The highest BCUT2D eigenvalue weighted by Crippen LogP contribution is 2.66. The van der Waals surface area contributed by atoms with Crippen molar-refractivity contribution < 1.29 is 24.2 Å². The Morgan fingerprint density at radius 3 is 2.62 bits per heavy atom. The maximum atomic E-state index is 14.7. The van der Waals surface area contributed by atoms with Gasteiger partial charge in [0.1, 0.15) is 6.04 Å². The molecule has 3 fully saturated rings. The van der Waals surface area contributed by atoms with Crippen LogP contribution >= 0.6 is 11.8 Å². The van der Waals surface area contributed by atoms with Crippen molar-refractivity contribution in [3.63, 3.8) is 0 Å². The molecule has 3 aliphatic heterocycles. The Balaban J connectivity index is 1.47. The molecule has 42 heavy (non-hydrogen) atoms. The lowest BCUT2D eigenvalue weighted by Crippen LogP contribution is -2.55. The summed E-state index contributed by atoms with van der Waals surface area (Å²) in [5, 5.41) is 11.3. The minimum absolute atomic E-state index is 0.0265. The minimum atomic E-state index is -0.673. The van der Waals surface area contributed by atoms with Crippen LogP contribution in [0.1, 0.15) is 51.4 Å². The zero-order chi connectivity index (χ0) is 29.7. The zero-order valence-corrected chi connectivity index (χ0v) is 25.1. The van der Waals surface area contributed by atoms with E-state index in [2.05, 4.69) is 13.2 Å². The summed E-state index contributed by atoms with van der Waals surface area (Å²) in [6.45, 7) is 8.87. The number of amides is 2.